The number of pyridine rings is 1. The van der Waals surface area contributed by atoms with Crippen molar-refractivity contribution in [2.75, 3.05) is 5.32 Å². The molecule has 0 spiro atoms. The molecule has 2 aromatic rings. The smallest absolute Gasteiger partial charge is 0.335 e. The summed E-state index contributed by atoms with van der Waals surface area (Å²) in [5, 5.41) is 12.1. The predicted molar refractivity (Wildman–Crippen MR) is 65.6 cm³/mol. The molecule has 18 heavy (non-hydrogen) atoms. The number of nitrogens with zero attached hydrogens (tertiary/aromatic N) is 3. The van der Waals surface area contributed by atoms with Crippen molar-refractivity contribution >= 4 is 23.4 Å². The van der Waals surface area contributed by atoms with Gasteiger partial charge in [0, 0.05) is 6.20 Å². The van der Waals surface area contributed by atoms with E-state index >= 15 is 0 Å². The van der Waals surface area contributed by atoms with Gasteiger partial charge in [-0.25, -0.2) is 9.78 Å². The molecule has 92 valence electrons. The molecule has 0 amide bonds. The van der Waals surface area contributed by atoms with Gasteiger partial charge in [0.2, 0.25) is 0 Å². The lowest BCUT2D eigenvalue weighted by Gasteiger charge is -2.05. The molecule has 6 nitrogen and oxygen atoms in total. The van der Waals surface area contributed by atoms with Crippen LogP contribution in [0.2, 0.25) is 5.15 Å². The lowest BCUT2D eigenvalue weighted by molar-refractivity contribution is 0.0696. The van der Waals surface area contributed by atoms with Crippen LogP contribution in [-0.2, 0) is 6.54 Å². The van der Waals surface area contributed by atoms with Crippen LogP contribution in [0.3, 0.4) is 0 Å². The molecule has 0 aromatic carbocycles. The van der Waals surface area contributed by atoms with Crippen LogP contribution >= 0.6 is 11.6 Å². The Labute approximate surface area is 108 Å². The fourth-order valence-corrected chi connectivity index (χ4v) is 1.46. The molecule has 0 aliphatic heterocycles. The number of aromatic carboxylic acids is 1. The van der Waals surface area contributed by atoms with Crippen molar-refractivity contribution < 1.29 is 9.90 Å². The predicted octanol–water partition coefficient (Wildman–Crippen LogP) is 1.84. The number of halogens is 1. The van der Waals surface area contributed by atoms with Crippen LogP contribution in [0.25, 0.3) is 0 Å². The van der Waals surface area contributed by atoms with E-state index in [0.29, 0.717) is 18.1 Å². The number of carboxylic acid groups (broad SMARTS) is 1. The molecule has 7 heteroatoms. The van der Waals surface area contributed by atoms with Gasteiger partial charge in [-0.2, -0.15) is 0 Å². The molecule has 0 radical (unpaired) electrons. The van der Waals surface area contributed by atoms with Gasteiger partial charge in [-0.1, -0.05) is 11.6 Å². The van der Waals surface area contributed by atoms with Crippen LogP contribution in [0, 0.1) is 0 Å². The number of hydrogen-bond donors (Lipinski definition) is 2. The maximum absolute atomic E-state index is 10.8. The Kier molecular flexibility index (Phi) is 3.69. The third kappa shape index (κ3) is 3.14. The molecule has 0 aliphatic rings. The number of carbonyl (C=O) groups is 1. The third-order valence-corrected chi connectivity index (χ3v) is 2.30. The number of carboxylic acids is 1. The molecule has 0 aliphatic carbocycles. The van der Waals surface area contributed by atoms with E-state index in [9.17, 15) is 4.79 Å². The summed E-state index contributed by atoms with van der Waals surface area (Å²) < 4.78 is 0. The van der Waals surface area contributed by atoms with Gasteiger partial charge in [-0.15, -0.1) is 0 Å². The molecule has 0 saturated heterocycles. The molecule has 2 aromatic heterocycles. The molecule has 2 heterocycles. The summed E-state index contributed by atoms with van der Waals surface area (Å²) in [4.78, 5) is 22.7. The second-order valence-electron chi connectivity index (χ2n) is 3.42. The summed E-state index contributed by atoms with van der Waals surface area (Å²) in [7, 11) is 0. The van der Waals surface area contributed by atoms with E-state index in [2.05, 4.69) is 20.3 Å². The van der Waals surface area contributed by atoms with Gasteiger partial charge >= 0.3 is 5.97 Å². The first-order chi connectivity index (χ1) is 8.65. The fourth-order valence-electron chi connectivity index (χ4n) is 1.32. The molecule has 2 rings (SSSR count). The number of aromatic nitrogens is 3. The summed E-state index contributed by atoms with van der Waals surface area (Å²) in [5.41, 5.74) is 0.788. The van der Waals surface area contributed by atoms with Gasteiger partial charge < -0.3 is 10.4 Å². The van der Waals surface area contributed by atoms with Crippen molar-refractivity contribution in [2.45, 2.75) is 6.54 Å². The Morgan fingerprint density at radius 3 is 3.00 bits per heavy atom. The zero-order valence-electron chi connectivity index (χ0n) is 9.17. The SMILES string of the molecule is O=C(O)c1ccnc(CNc2cncc(Cl)n2)c1. The second-order valence-corrected chi connectivity index (χ2v) is 3.81. The molecular weight excluding hydrogens is 256 g/mol. The number of anilines is 1. The first kappa shape index (κ1) is 12.3. The van der Waals surface area contributed by atoms with Crippen molar-refractivity contribution in [3.8, 4) is 0 Å². The van der Waals surface area contributed by atoms with E-state index in [4.69, 9.17) is 16.7 Å². The van der Waals surface area contributed by atoms with E-state index in [-0.39, 0.29) is 10.7 Å². The van der Waals surface area contributed by atoms with Crippen molar-refractivity contribution in [3.05, 3.63) is 47.1 Å². The number of rotatable bonds is 4. The van der Waals surface area contributed by atoms with Crippen molar-refractivity contribution in [3.63, 3.8) is 0 Å². The zero-order chi connectivity index (χ0) is 13.0. The second kappa shape index (κ2) is 5.42. The normalized spacial score (nSPS) is 10.1. The van der Waals surface area contributed by atoms with E-state index < -0.39 is 5.97 Å². The largest absolute Gasteiger partial charge is 0.478 e. The standard InChI is InChI=1S/C11H9ClN4O2/c12-9-5-13-6-10(16-9)15-4-8-3-7(11(17)18)1-2-14-8/h1-3,5-6H,4H2,(H,15,16)(H,17,18). The lowest BCUT2D eigenvalue weighted by atomic mass is 10.2. The minimum absolute atomic E-state index is 0.193. The molecular formula is C11H9ClN4O2. The van der Waals surface area contributed by atoms with Crippen LogP contribution < -0.4 is 5.32 Å². The van der Waals surface area contributed by atoms with Crippen molar-refractivity contribution in [1.82, 2.24) is 15.0 Å². The van der Waals surface area contributed by atoms with Crippen molar-refractivity contribution in [2.24, 2.45) is 0 Å². The lowest BCUT2D eigenvalue weighted by Crippen LogP contribution is -2.05. The van der Waals surface area contributed by atoms with Gasteiger partial charge in [-0.05, 0) is 12.1 Å². The average Bonchev–Trinajstić information content (AvgIpc) is 2.37. The first-order valence-corrected chi connectivity index (χ1v) is 5.42. The minimum atomic E-state index is -0.985. The highest BCUT2D eigenvalue weighted by Crippen LogP contribution is 2.08. The fraction of sp³-hybridized carbons (Fsp3) is 0.0909. The highest BCUT2D eigenvalue weighted by molar-refractivity contribution is 6.29. The van der Waals surface area contributed by atoms with Gasteiger partial charge in [0.15, 0.2) is 0 Å². The Morgan fingerprint density at radius 2 is 2.28 bits per heavy atom. The van der Waals surface area contributed by atoms with Gasteiger partial charge in [0.1, 0.15) is 11.0 Å². The summed E-state index contributed by atoms with van der Waals surface area (Å²) in [6.45, 7) is 0.343. The molecule has 0 bridgehead atoms. The van der Waals surface area contributed by atoms with Gasteiger partial charge in [-0.3, -0.25) is 9.97 Å². The van der Waals surface area contributed by atoms with E-state index in [0.717, 1.165) is 0 Å². The Morgan fingerprint density at radius 1 is 1.44 bits per heavy atom. The van der Waals surface area contributed by atoms with Crippen LogP contribution in [0.15, 0.2) is 30.7 Å². The minimum Gasteiger partial charge on any atom is -0.478 e. The maximum atomic E-state index is 10.8. The highest BCUT2D eigenvalue weighted by Gasteiger charge is 2.04. The summed E-state index contributed by atoms with van der Waals surface area (Å²) in [5.74, 6) is -0.480. The quantitative estimate of drug-likeness (QED) is 0.876. The summed E-state index contributed by atoms with van der Waals surface area (Å²) in [6.07, 6.45) is 4.40. The third-order valence-electron chi connectivity index (χ3n) is 2.12. The first-order valence-electron chi connectivity index (χ1n) is 5.05. The Bertz CT molecular complexity index is 576. The molecule has 0 atom stereocenters. The monoisotopic (exact) mass is 264 g/mol. The number of hydrogen-bond acceptors (Lipinski definition) is 5. The van der Waals surface area contributed by atoms with Crippen LogP contribution in [0.5, 0.6) is 0 Å². The molecule has 2 N–H and O–H groups in total. The molecule has 0 fully saturated rings. The van der Waals surface area contributed by atoms with Crippen molar-refractivity contribution in [1.29, 1.82) is 0 Å². The zero-order valence-corrected chi connectivity index (χ0v) is 9.92. The Balaban J connectivity index is 2.06. The molecule has 0 unspecified atom stereocenters. The Hall–Kier alpha value is -2.21. The van der Waals surface area contributed by atoms with E-state index in [1.165, 1.54) is 30.7 Å². The van der Waals surface area contributed by atoms with E-state index in [1.807, 2.05) is 0 Å². The topological polar surface area (TPSA) is 88.0 Å². The van der Waals surface area contributed by atoms with Gasteiger partial charge in [0.25, 0.3) is 0 Å². The van der Waals surface area contributed by atoms with E-state index in [1.54, 1.807) is 0 Å². The van der Waals surface area contributed by atoms with Gasteiger partial charge in [0.05, 0.1) is 30.2 Å². The maximum Gasteiger partial charge on any atom is 0.335 e. The summed E-state index contributed by atoms with van der Waals surface area (Å²) in [6, 6.07) is 2.93. The highest BCUT2D eigenvalue weighted by atomic mass is 35.5. The van der Waals surface area contributed by atoms with Crippen LogP contribution in [-0.4, -0.2) is 26.0 Å². The van der Waals surface area contributed by atoms with Crippen LogP contribution in [0.4, 0.5) is 5.82 Å². The summed E-state index contributed by atoms with van der Waals surface area (Å²) >= 11 is 5.69. The van der Waals surface area contributed by atoms with Crippen LogP contribution in [0.1, 0.15) is 16.1 Å². The number of nitrogens with one attached hydrogen (secondary N) is 1. The average molecular weight is 265 g/mol. The molecule has 0 saturated carbocycles.